The Labute approximate surface area is 181 Å². The highest BCUT2D eigenvalue weighted by Crippen LogP contribution is 2.50. The highest BCUT2D eigenvalue weighted by Gasteiger charge is 2.49. The summed E-state index contributed by atoms with van der Waals surface area (Å²) < 4.78 is 11.1. The second-order valence-corrected chi connectivity index (χ2v) is 9.10. The van der Waals surface area contributed by atoms with Gasteiger partial charge in [0.05, 0.1) is 12.1 Å². The molecule has 3 aliphatic rings. The molecule has 1 aliphatic carbocycles. The van der Waals surface area contributed by atoms with Crippen LogP contribution in [0.1, 0.15) is 54.1 Å². The molecule has 3 atom stereocenters. The zero-order chi connectivity index (χ0) is 20.7. The minimum atomic E-state index is -0.668. The van der Waals surface area contributed by atoms with E-state index in [1.807, 2.05) is 12.1 Å². The third kappa shape index (κ3) is 3.59. The third-order valence-electron chi connectivity index (χ3n) is 6.92. The number of likely N-dealkylation sites (tertiary alicyclic amines) is 1. The monoisotopic (exact) mass is 427 g/mol. The Morgan fingerprint density at radius 3 is 2.73 bits per heavy atom. The molecule has 0 spiro atoms. The zero-order valence-corrected chi connectivity index (χ0v) is 17.6. The number of nitrogens with zero attached hydrogens (tertiary/aromatic N) is 1. The van der Waals surface area contributed by atoms with Gasteiger partial charge in [0.1, 0.15) is 0 Å². The Bertz CT molecular complexity index is 947. The Morgan fingerprint density at radius 2 is 1.90 bits per heavy atom. The lowest BCUT2D eigenvalue weighted by molar-refractivity contribution is -0.122. The number of piperidine rings is 1. The number of hydrogen-bond acceptors (Lipinski definition) is 5. The van der Waals surface area contributed by atoms with E-state index in [2.05, 4.69) is 11.0 Å². The van der Waals surface area contributed by atoms with Gasteiger partial charge in [-0.1, -0.05) is 30.5 Å². The lowest BCUT2D eigenvalue weighted by Crippen LogP contribution is -2.55. The smallest absolute Gasteiger partial charge is 0.231 e. The van der Waals surface area contributed by atoms with Gasteiger partial charge in [-0.3, -0.25) is 9.69 Å². The van der Waals surface area contributed by atoms with Crippen LogP contribution >= 0.6 is 11.6 Å². The molecule has 5 nitrogen and oxygen atoms in total. The summed E-state index contributed by atoms with van der Waals surface area (Å²) in [5.74, 6) is 1.65. The summed E-state index contributed by atoms with van der Waals surface area (Å²) in [6, 6.07) is 13.0. The number of ether oxygens (including phenoxy) is 2. The SMILES string of the molecule is O=C(CN1CC[C@]2(O)CCCC[C@@H]2[C@@H]1c1ccc2c(c1)OCO2)c1ccc(Cl)cc1. The van der Waals surface area contributed by atoms with Crippen molar-refractivity contribution in [1.29, 1.82) is 0 Å². The lowest BCUT2D eigenvalue weighted by atomic mass is 9.66. The van der Waals surface area contributed by atoms with Crippen LogP contribution in [0.5, 0.6) is 11.5 Å². The van der Waals surface area contributed by atoms with Crippen molar-refractivity contribution in [3.8, 4) is 11.5 Å². The number of hydrogen-bond donors (Lipinski definition) is 1. The Morgan fingerprint density at radius 1 is 1.10 bits per heavy atom. The number of carbonyl (C=O) groups is 1. The molecule has 1 saturated heterocycles. The summed E-state index contributed by atoms with van der Waals surface area (Å²) in [4.78, 5) is 15.3. The van der Waals surface area contributed by atoms with Crippen molar-refractivity contribution in [1.82, 2.24) is 4.90 Å². The van der Waals surface area contributed by atoms with E-state index in [4.69, 9.17) is 21.1 Å². The van der Waals surface area contributed by atoms with Crippen molar-refractivity contribution >= 4 is 17.4 Å². The average Bonchev–Trinajstić information content (AvgIpc) is 3.22. The van der Waals surface area contributed by atoms with Crippen molar-refractivity contribution < 1.29 is 19.4 Å². The number of halogens is 1. The van der Waals surface area contributed by atoms with Gasteiger partial charge in [0.25, 0.3) is 0 Å². The highest BCUT2D eigenvalue weighted by molar-refractivity contribution is 6.30. The molecule has 2 aromatic rings. The first-order chi connectivity index (χ1) is 14.5. The Hall–Kier alpha value is -2.08. The van der Waals surface area contributed by atoms with Gasteiger partial charge in [-0.25, -0.2) is 0 Å². The molecule has 0 bridgehead atoms. The zero-order valence-electron chi connectivity index (χ0n) is 16.9. The highest BCUT2D eigenvalue weighted by atomic mass is 35.5. The molecular formula is C24H26ClNO4. The van der Waals surface area contributed by atoms with Crippen LogP contribution in [0.15, 0.2) is 42.5 Å². The van der Waals surface area contributed by atoms with Crippen LogP contribution in [0.2, 0.25) is 5.02 Å². The molecule has 0 amide bonds. The summed E-state index contributed by atoms with van der Waals surface area (Å²) in [7, 11) is 0. The first kappa shape index (κ1) is 19.9. The van der Waals surface area contributed by atoms with Crippen molar-refractivity contribution in [3.63, 3.8) is 0 Å². The van der Waals surface area contributed by atoms with Crippen LogP contribution < -0.4 is 9.47 Å². The van der Waals surface area contributed by atoms with E-state index in [0.29, 0.717) is 30.1 Å². The molecule has 1 N–H and O–H groups in total. The molecule has 2 aromatic carbocycles. The number of carbonyl (C=O) groups excluding carboxylic acids is 1. The van der Waals surface area contributed by atoms with Crippen LogP contribution in [0.4, 0.5) is 0 Å². The van der Waals surface area contributed by atoms with E-state index in [1.54, 1.807) is 24.3 Å². The van der Waals surface area contributed by atoms with Crippen LogP contribution in [0.3, 0.4) is 0 Å². The standard InChI is InChI=1S/C24H26ClNO4/c25-18-7-4-16(5-8-18)20(27)14-26-12-11-24(28)10-2-1-3-19(24)23(26)17-6-9-21-22(13-17)30-15-29-21/h4-9,13,19,23,28H,1-3,10-12,14-15H2/t19-,23+,24-/m1/s1. The summed E-state index contributed by atoms with van der Waals surface area (Å²) in [6.45, 7) is 1.23. The molecule has 0 radical (unpaired) electrons. The fraction of sp³-hybridized carbons (Fsp3) is 0.458. The lowest BCUT2D eigenvalue weighted by Gasteiger charge is -2.52. The van der Waals surface area contributed by atoms with Crippen molar-refractivity contribution in [3.05, 3.63) is 58.6 Å². The van der Waals surface area contributed by atoms with E-state index >= 15 is 0 Å². The molecule has 2 aliphatic heterocycles. The van der Waals surface area contributed by atoms with Gasteiger partial charge in [0, 0.05) is 29.1 Å². The first-order valence-corrected chi connectivity index (χ1v) is 11.1. The van der Waals surface area contributed by atoms with Gasteiger partial charge >= 0.3 is 0 Å². The predicted molar refractivity (Wildman–Crippen MR) is 114 cm³/mol. The van der Waals surface area contributed by atoms with Gasteiger partial charge < -0.3 is 14.6 Å². The van der Waals surface area contributed by atoms with Gasteiger partial charge in [-0.05, 0) is 61.2 Å². The number of fused-ring (bicyclic) bond motifs is 2. The van der Waals surface area contributed by atoms with E-state index < -0.39 is 5.60 Å². The average molecular weight is 428 g/mol. The molecule has 1 saturated carbocycles. The maximum atomic E-state index is 13.0. The number of benzene rings is 2. The largest absolute Gasteiger partial charge is 0.454 e. The normalized spacial score (nSPS) is 28.2. The van der Waals surface area contributed by atoms with E-state index in [9.17, 15) is 9.90 Å². The van der Waals surface area contributed by atoms with Crippen molar-refractivity contribution in [2.45, 2.75) is 43.7 Å². The Kier molecular flexibility index (Phi) is 5.21. The molecule has 0 unspecified atom stereocenters. The van der Waals surface area contributed by atoms with Gasteiger partial charge in [0.15, 0.2) is 17.3 Å². The van der Waals surface area contributed by atoms with E-state index in [1.165, 1.54) is 0 Å². The number of rotatable bonds is 4. The van der Waals surface area contributed by atoms with E-state index in [0.717, 1.165) is 42.7 Å². The molecule has 30 heavy (non-hydrogen) atoms. The molecular weight excluding hydrogens is 402 g/mol. The number of ketones is 1. The second kappa shape index (κ2) is 7.88. The van der Waals surface area contributed by atoms with Crippen LogP contribution in [-0.4, -0.2) is 41.3 Å². The molecule has 5 rings (SSSR count). The molecule has 2 heterocycles. The predicted octanol–water partition coefficient (Wildman–Crippen LogP) is 4.62. The van der Waals surface area contributed by atoms with Crippen molar-refractivity contribution in [2.24, 2.45) is 5.92 Å². The van der Waals surface area contributed by atoms with Crippen LogP contribution in [-0.2, 0) is 0 Å². The topological polar surface area (TPSA) is 59.0 Å². The fourth-order valence-electron chi connectivity index (χ4n) is 5.37. The first-order valence-electron chi connectivity index (χ1n) is 10.7. The molecule has 0 aromatic heterocycles. The fourth-order valence-corrected chi connectivity index (χ4v) is 5.50. The minimum Gasteiger partial charge on any atom is -0.454 e. The van der Waals surface area contributed by atoms with Gasteiger partial charge in [-0.2, -0.15) is 0 Å². The summed E-state index contributed by atoms with van der Waals surface area (Å²) in [6.07, 6.45) is 4.66. The summed E-state index contributed by atoms with van der Waals surface area (Å²) >= 11 is 5.98. The van der Waals surface area contributed by atoms with Crippen LogP contribution in [0, 0.1) is 5.92 Å². The van der Waals surface area contributed by atoms with Crippen molar-refractivity contribution in [2.75, 3.05) is 19.9 Å². The number of Topliss-reactive ketones (excluding diaryl/α,β-unsaturated/α-hetero) is 1. The molecule has 158 valence electrons. The van der Waals surface area contributed by atoms with Crippen LogP contribution in [0.25, 0.3) is 0 Å². The number of aliphatic hydroxyl groups is 1. The maximum absolute atomic E-state index is 13.0. The summed E-state index contributed by atoms with van der Waals surface area (Å²) in [5, 5.41) is 12.1. The van der Waals surface area contributed by atoms with Gasteiger partial charge in [-0.15, -0.1) is 0 Å². The minimum absolute atomic E-state index is 0.0326. The third-order valence-corrected chi connectivity index (χ3v) is 7.17. The molecule has 2 fully saturated rings. The quantitative estimate of drug-likeness (QED) is 0.721. The maximum Gasteiger partial charge on any atom is 0.231 e. The molecule has 6 heteroatoms. The summed E-state index contributed by atoms with van der Waals surface area (Å²) in [5.41, 5.74) is 1.07. The van der Waals surface area contributed by atoms with E-state index in [-0.39, 0.29) is 24.5 Å². The Balaban J connectivity index is 1.47. The second-order valence-electron chi connectivity index (χ2n) is 8.66. The van der Waals surface area contributed by atoms with Gasteiger partial charge in [0.2, 0.25) is 6.79 Å².